The van der Waals surface area contributed by atoms with Crippen LogP contribution in [0.25, 0.3) is 0 Å². The highest BCUT2D eigenvalue weighted by molar-refractivity contribution is 5.80. The quantitative estimate of drug-likeness (QED) is 0.107. The highest BCUT2D eigenvalue weighted by Crippen LogP contribution is 2.33. The smallest absolute Gasteiger partial charge is 0.329 e. The lowest BCUT2D eigenvalue weighted by atomic mass is 9.85. The van der Waals surface area contributed by atoms with Gasteiger partial charge in [0.05, 0.1) is 5.92 Å². The second-order valence-corrected chi connectivity index (χ2v) is 11.4. The van der Waals surface area contributed by atoms with Crippen molar-refractivity contribution < 1.29 is 23.9 Å². The third-order valence-corrected chi connectivity index (χ3v) is 7.13. The Morgan fingerprint density at radius 3 is 2.00 bits per heavy atom. The summed E-state index contributed by atoms with van der Waals surface area (Å²) in [7, 11) is 0. The van der Waals surface area contributed by atoms with E-state index in [0.717, 1.165) is 38.5 Å². The fourth-order valence-corrected chi connectivity index (χ4v) is 4.84. The van der Waals surface area contributed by atoms with Crippen LogP contribution in [0.2, 0.25) is 0 Å². The normalized spacial score (nSPS) is 19.4. The molecule has 0 aromatic rings. The molecule has 0 aliphatic carbocycles. The van der Waals surface area contributed by atoms with E-state index in [2.05, 4.69) is 19.2 Å². The van der Waals surface area contributed by atoms with Gasteiger partial charge in [0.25, 0.3) is 0 Å². The average molecular weight is 496 g/mol. The van der Waals surface area contributed by atoms with Crippen LogP contribution >= 0.6 is 0 Å². The fourth-order valence-electron chi connectivity index (χ4n) is 4.84. The number of nitrogens with one attached hydrogen (secondary N) is 1. The first-order valence-electron chi connectivity index (χ1n) is 14.3. The maximum absolute atomic E-state index is 13.0. The first kappa shape index (κ1) is 31.4. The molecule has 4 atom stereocenters. The van der Waals surface area contributed by atoms with E-state index < -0.39 is 17.4 Å². The van der Waals surface area contributed by atoms with E-state index in [1.54, 1.807) is 0 Å². The molecular formula is C29H53NO5. The predicted molar refractivity (Wildman–Crippen MR) is 141 cm³/mol. The Morgan fingerprint density at radius 2 is 1.49 bits per heavy atom. The maximum Gasteiger partial charge on any atom is 0.329 e. The molecule has 0 saturated carbocycles. The molecule has 1 amide bonds. The lowest BCUT2D eigenvalue weighted by molar-refractivity contribution is -0.190. The standard InChI is InChI=1S/C29H53NO5/c1-6-8-10-12-13-14-15-16-17-19-23(34-28(33)26(30-22-31)29(3,4)5)21-25-24(27(32)35-25)20-18-11-9-7-2/h22-26H,6-21H2,1-5H3,(H,30,31)/t23-,24+,25?,26?/m1/s1. The van der Waals surface area contributed by atoms with E-state index in [-0.39, 0.29) is 24.1 Å². The highest BCUT2D eigenvalue weighted by atomic mass is 16.6. The third-order valence-electron chi connectivity index (χ3n) is 7.13. The third kappa shape index (κ3) is 12.8. The molecule has 1 heterocycles. The van der Waals surface area contributed by atoms with Gasteiger partial charge in [0.15, 0.2) is 0 Å². The van der Waals surface area contributed by atoms with E-state index in [9.17, 15) is 14.4 Å². The van der Waals surface area contributed by atoms with Gasteiger partial charge in [-0.3, -0.25) is 9.59 Å². The predicted octanol–water partition coefficient (Wildman–Crippen LogP) is 6.88. The van der Waals surface area contributed by atoms with Crippen molar-refractivity contribution in [3.63, 3.8) is 0 Å². The first-order chi connectivity index (χ1) is 16.7. The van der Waals surface area contributed by atoms with Gasteiger partial charge in [-0.05, 0) is 24.7 Å². The summed E-state index contributed by atoms with van der Waals surface area (Å²) >= 11 is 0. The average Bonchev–Trinajstić information content (AvgIpc) is 2.79. The Morgan fingerprint density at radius 1 is 0.943 bits per heavy atom. The minimum atomic E-state index is -0.709. The minimum absolute atomic E-state index is 0.0808. The van der Waals surface area contributed by atoms with Gasteiger partial charge < -0.3 is 14.8 Å². The molecular weight excluding hydrogens is 442 g/mol. The molecule has 0 spiro atoms. The van der Waals surface area contributed by atoms with Crippen molar-refractivity contribution in [3.8, 4) is 0 Å². The van der Waals surface area contributed by atoms with Gasteiger partial charge in [0.1, 0.15) is 18.2 Å². The van der Waals surface area contributed by atoms with Crippen LogP contribution in [0.15, 0.2) is 0 Å². The lowest BCUT2D eigenvalue weighted by Crippen LogP contribution is -2.50. The Bertz CT molecular complexity index is 600. The fraction of sp³-hybridized carbons (Fsp3) is 0.897. The van der Waals surface area contributed by atoms with Crippen molar-refractivity contribution in [2.75, 3.05) is 0 Å². The number of hydrogen-bond donors (Lipinski definition) is 1. The zero-order valence-electron chi connectivity index (χ0n) is 23.2. The molecule has 35 heavy (non-hydrogen) atoms. The molecule has 204 valence electrons. The van der Waals surface area contributed by atoms with Crippen molar-refractivity contribution in [2.24, 2.45) is 11.3 Å². The summed E-state index contributed by atoms with van der Waals surface area (Å²) < 4.78 is 11.4. The number of esters is 2. The summed E-state index contributed by atoms with van der Waals surface area (Å²) in [6.07, 6.45) is 17.8. The summed E-state index contributed by atoms with van der Waals surface area (Å²) in [5.41, 5.74) is -0.453. The monoisotopic (exact) mass is 495 g/mol. The topological polar surface area (TPSA) is 81.7 Å². The lowest BCUT2D eigenvalue weighted by Gasteiger charge is -2.38. The number of unbranched alkanes of at least 4 members (excludes halogenated alkanes) is 11. The Hall–Kier alpha value is -1.59. The van der Waals surface area contributed by atoms with E-state index in [1.807, 2.05) is 20.8 Å². The van der Waals surface area contributed by atoms with Crippen molar-refractivity contribution in [3.05, 3.63) is 0 Å². The number of cyclic esters (lactones) is 1. The molecule has 1 saturated heterocycles. The molecule has 0 bridgehead atoms. The van der Waals surface area contributed by atoms with Crippen LogP contribution in [-0.2, 0) is 23.9 Å². The van der Waals surface area contributed by atoms with Crippen molar-refractivity contribution in [2.45, 2.75) is 156 Å². The Kier molecular flexibility index (Phi) is 16.0. The van der Waals surface area contributed by atoms with Crippen molar-refractivity contribution >= 4 is 18.3 Å². The molecule has 0 aromatic carbocycles. The Balaban J connectivity index is 2.61. The van der Waals surface area contributed by atoms with Crippen LogP contribution in [0.4, 0.5) is 0 Å². The number of ether oxygens (including phenoxy) is 2. The maximum atomic E-state index is 13.0. The summed E-state index contributed by atoms with van der Waals surface area (Å²) in [6.45, 7) is 10.1. The van der Waals surface area contributed by atoms with Gasteiger partial charge in [-0.25, -0.2) is 4.79 Å². The molecule has 6 nitrogen and oxygen atoms in total. The zero-order valence-corrected chi connectivity index (χ0v) is 23.2. The van der Waals surface area contributed by atoms with E-state index in [0.29, 0.717) is 12.8 Å². The summed E-state index contributed by atoms with van der Waals surface area (Å²) in [5, 5.41) is 2.63. The van der Waals surface area contributed by atoms with E-state index in [1.165, 1.54) is 57.8 Å². The van der Waals surface area contributed by atoms with Gasteiger partial charge in [0.2, 0.25) is 6.41 Å². The molecule has 2 unspecified atom stereocenters. The van der Waals surface area contributed by atoms with Gasteiger partial charge in [0, 0.05) is 6.42 Å². The molecule has 1 fully saturated rings. The zero-order chi connectivity index (χ0) is 26.1. The minimum Gasteiger partial charge on any atom is -0.461 e. The van der Waals surface area contributed by atoms with Crippen LogP contribution in [0.5, 0.6) is 0 Å². The van der Waals surface area contributed by atoms with Crippen LogP contribution in [-0.4, -0.2) is 36.6 Å². The molecule has 1 rings (SSSR count). The van der Waals surface area contributed by atoms with Crippen molar-refractivity contribution in [1.29, 1.82) is 0 Å². The summed E-state index contributed by atoms with van der Waals surface area (Å²) in [6, 6.07) is -0.709. The number of carbonyl (C=O) groups is 3. The SMILES string of the molecule is CCCCCCCCCCC[C@H](CC1OC(=O)[C@H]1CCCCCC)OC(=O)C(NC=O)C(C)(C)C. The van der Waals surface area contributed by atoms with Crippen molar-refractivity contribution in [1.82, 2.24) is 5.32 Å². The van der Waals surface area contributed by atoms with Gasteiger partial charge in [-0.2, -0.15) is 0 Å². The summed E-state index contributed by atoms with van der Waals surface area (Å²) in [5.74, 6) is -0.604. The summed E-state index contributed by atoms with van der Waals surface area (Å²) in [4.78, 5) is 36.1. The number of amides is 1. The number of carbonyl (C=O) groups excluding carboxylic acids is 3. The number of rotatable bonds is 21. The largest absolute Gasteiger partial charge is 0.461 e. The highest BCUT2D eigenvalue weighted by Gasteiger charge is 2.43. The van der Waals surface area contributed by atoms with Crippen LogP contribution in [0.1, 0.15) is 137 Å². The van der Waals surface area contributed by atoms with E-state index in [4.69, 9.17) is 9.47 Å². The van der Waals surface area contributed by atoms with Gasteiger partial charge in [-0.15, -0.1) is 0 Å². The van der Waals surface area contributed by atoms with Gasteiger partial charge >= 0.3 is 11.9 Å². The molecule has 1 aliphatic rings. The molecule has 6 heteroatoms. The van der Waals surface area contributed by atoms with Crippen LogP contribution in [0.3, 0.4) is 0 Å². The van der Waals surface area contributed by atoms with Gasteiger partial charge in [-0.1, -0.05) is 112 Å². The Labute approximate surface area is 214 Å². The molecule has 0 aromatic heterocycles. The first-order valence-corrected chi connectivity index (χ1v) is 14.3. The molecule has 1 N–H and O–H groups in total. The van der Waals surface area contributed by atoms with Crippen LogP contribution < -0.4 is 5.32 Å². The second-order valence-electron chi connectivity index (χ2n) is 11.4. The molecule has 1 aliphatic heterocycles. The van der Waals surface area contributed by atoms with E-state index >= 15 is 0 Å². The second kappa shape index (κ2) is 17.8. The molecule has 0 radical (unpaired) electrons. The van der Waals surface area contributed by atoms with Crippen LogP contribution in [0, 0.1) is 11.3 Å². The number of hydrogen-bond acceptors (Lipinski definition) is 5.